The second-order valence-corrected chi connectivity index (χ2v) is 6.45. The lowest BCUT2D eigenvalue weighted by Crippen LogP contribution is -2.35. The van der Waals surface area contributed by atoms with Crippen molar-refractivity contribution >= 4 is 5.69 Å². The first kappa shape index (κ1) is 15.5. The van der Waals surface area contributed by atoms with Crippen molar-refractivity contribution < 1.29 is 0 Å². The fourth-order valence-electron chi connectivity index (χ4n) is 2.10. The van der Waals surface area contributed by atoms with Crippen molar-refractivity contribution in [3.8, 4) is 0 Å². The molecule has 0 bridgehead atoms. The first-order chi connectivity index (χ1) is 9.94. The maximum atomic E-state index is 4.44. The highest BCUT2D eigenvalue weighted by Gasteiger charge is 2.10. The number of pyridine rings is 1. The zero-order valence-corrected chi connectivity index (χ0v) is 13.4. The Morgan fingerprint density at radius 3 is 2.48 bits per heavy atom. The van der Waals surface area contributed by atoms with Crippen LogP contribution in [-0.4, -0.2) is 17.6 Å². The summed E-state index contributed by atoms with van der Waals surface area (Å²) in [7, 11) is 2.11. The van der Waals surface area contributed by atoms with E-state index in [9.17, 15) is 0 Å². The van der Waals surface area contributed by atoms with Crippen molar-refractivity contribution in [2.24, 2.45) is 0 Å². The van der Waals surface area contributed by atoms with Gasteiger partial charge >= 0.3 is 0 Å². The van der Waals surface area contributed by atoms with Crippen molar-refractivity contribution in [3.63, 3.8) is 0 Å². The van der Waals surface area contributed by atoms with Crippen LogP contribution in [0.2, 0.25) is 0 Å². The molecule has 0 saturated heterocycles. The molecule has 0 fully saturated rings. The van der Waals surface area contributed by atoms with Crippen LogP contribution in [0.3, 0.4) is 0 Å². The third-order valence-electron chi connectivity index (χ3n) is 3.30. The molecule has 0 atom stereocenters. The molecule has 0 radical (unpaired) electrons. The van der Waals surface area contributed by atoms with Gasteiger partial charge in [-0.1, -0.05) is 30.3 Å². The highest BCUT2D eigenvalue weighted by molar-refractivity contribution is 5.46. The molecule has 1 aromatic carbocycles. The van der Waals surface area contributed by atoms with Crippen LogP contribution in [-0.2, 0) is 13.1 Å². The van der Waals surface area contributed by atoms with E-state index in [1.165, 1.54) is 11.3 Å². The molecule has 2 aromatic rings. The second kappa shape index (κ2) is 6.72. The van der Waals surface area contributed by atoms with E-state index in [-0.39, 0.29) is 5.54 Å². The summed E-state index contributed by atoms with van der Waals surface area (Å²) in [5.74, 6) is 0. The molecular weight excluding hydrogens is 258 g/mol. The lowest BCUT2D eigenvalue weighted by Gasteiger charge is -2.22. The molecule has 2 rings (SSSR count). The normalized spacial score (nSPS) is 11.4. The summed E-state index contributed by atoms with van der Waals surface area (Å²) in [6.07, 6.45) is 1.89. The van der Waals surface area contributed by atoms with Crippen molar-refractivity contribution in [1.29, 1.82) is 0 Å². The average molecular weight is 283 g/mol. The van der Waals surface area contributed by atoms with Crippen molar-refractivity contribution in [2.45, 2.75) is 39.4 Å². The lowest BCUT2D eigenvalue weighted by atomic mass is 10.1. The SMILES string of the molecule is CN(Cc1ccccc1)c1ccnc(CNC(C)(C)C)c1. The molecule has 3 nitrogen and oxygen atoms in total. The van der Waals surface area contributed by atoms with E-state index in [4.69, 9.17) is 0 Å². The van der Waals surface area contributed by atoms with Crippen LogP contribution in [0.5, 0.6) is 0 Å². The topological polar surface area (TPSA) is 28.2 Å². The molecule has 0 unspecified atom stereocenters. The Morgan fingerprint density at radius 2 is 1.81 bits per heavy atom. The zero-order valence-electron chi connectivity index (χ0n) is 13.4. The number of hydrogen-bond acceptors (Lipinski definition) is 3. The van der Waals surface area contributed by atoms with Gasteiger partial charge in [-0.05, 0) is 38.5 Å². The van der Waals surface area contributed by atoms with Crippen LogP contribution >= 0.6 is 0 Å². The molecule has 0 aliphatic heterocycles. The van der Waals surface area contributed by atoms with Gasteiger partial charge in [0.1, 0.15) is 0 Å². The summed E-state index contributed by atoms with van der Waals surface area (Å²) in [4.78, 5) is 6.69. The van der Waals surface area contributed by atoms with E-state index >= 15 is 0 Å². The molecule has 21 heavy (non-hydrogen) atoms. The van der Waals surface area contributed by atoms with Crippen molar-refractivity contribution in [1.82, 2.24) is 10.3 Å². The van der Waals surface area contributed by atoms with E-state index in [0.717, 1.165) is 18.8 Å². The second-order valence-electron chi connectivity index (χ2n) is 6.45. The number of aromatic nitrogens is 1. The summed E-state index contributed by atoms with van der Waals surface area (Å²) in [6, 6.07) is 14.7. The molecule has 0 amide bonds. The van der Waals surface area contributed by atoms with E-state index in [1.807, 2.05) is 12.3 Å². The Balaban J connectivity index is 2.03. The van der Waals surface area contributed by atoms with Gasteiger partial charge in [0.25, 0.3) is 0 Å². The predicted molar refractivity (Wildman–Crippen MR) is 89.4 cm³/mol. The highest BCUT2D eigenvalue weighted by atomic mass is 15.1. The van der Waals surface area contributed by atoms with Crippen molar-refractivity contribution in [2.75, 3.05) is 11.9 Å². The van der Waals surface area contributed by atoms with Gasteiger partial charge in [0, 0.05) is 37.6 Å². The van der Waals surface area contributed by atoms with Gasteiger partial charge in [0.05, 0.1) is 5.69 Å². The van der Waals surface area contributed by atoms with Gasteiger partial charge in [-0.3, -0.25) is 4.98 Å². The maximum absolute atomic E-state index is 4.44. The van der Waals surface area contributed by atoms with Crippen LogP contribution in [0.1, 0.15) is 32.0 Å². The van der Waals surface area contributed by atoms with Gasteiger partial charge < -0.3 is 10.2 Å². The Labute approximate surface area is 128 Å². The minimum Gasteiger partial charge on any atom is -0.370 e. The van der Waals surface area contributed by atoms with E-state index < -0.39 is 0 Å². The van der Waals surface area contributed by atoms with Crippen LogP contribution in [0.4, 0.5) is 5.69 Å². The Kier molecular flexibility index (Phi) is 4.97. The largest absolute Gasteiger partial charge is 0.370 e. The number of hydrogen-bond donors (Lipinski definition) is 1. The van der Waals surface area contributed by atoms with Gasteiger partial charge in [-0.2, -0.15) is 0 Å². The first-order valence-corrected chi connectivity index (χ1v) is 7.39. The standard InChI is InChI=1S/C18H25N3/c1-18(2,3)20-13-16-12-17(10-11-19-16)21(4)14-15-8-6-5-7-9-15/h5-12,20H,13-14H2,1-4H3. The number of nitrogens with one attached hydrogen (secondary N) is 1. The molecule has 0 spiro atoms. The lowest BCUT2D eigenvalue weighted by molar-refractivity contribution is 0.421. The Morgan fingerprint density at radius 1 is 1.10 bits per heavy atom. The smallest absolute Gasteiger partial charge is 0.0562 e. The third kappa shape index (κ3) is 5.20. The molecule has 112 valence electrons. The van der Waals surface area contributed by atoms with E-state index in [1.54, 1.807) is 0 Å². The number of anilines is 1. The van der Waals surface area contributed by atoms with E-state index in [0.29, 0.717) is 0 Å². The number of nitrogens with zero attached hydrogens (tertiary/aromatic N) is 2. The highest BCUT2D eigenvalue weighted by Crippen LogP contribution is 2.16. The summed E-state index contributed by atoms with van der Waals surface area (Å²) in [5, 5.41) is 3.47. The first-order valence-electron chi connectivity index (χ1n) is 7.39. The van der Waals surface area contributed by atoms with Crippen LogP contribution in [0.15, 0.2) is 48.7 Å². The van der Waals surface area contributed by atoms with Crippen LogP contribution in [0, 0.1) is 0 Å². The summed E-state index contributed by atoms with van der Waals surface area (Å²) in [5.41, 5.74) is 3.68. The minimum absolute atomic E-state index is 0.105. The van der Waals surface area contributed by atoms with Gasteiger partial charge in [-0.15, -0.1) is 0 Å². The monoisotopic (exact) mass is 283 g/mol. The maximum Gasteiger partial charge on any atom is 0.0562 e. The fourth-order valence-corrected chi connectivity index (χ4v) is 2.10. The van der Waals surface area contributed by atoms with Gasteiger partial charge in [-0.25, -0.2) is 0 Å². The summed E-state index contributed by atoms with van der Waals surface area (Å²) >= 11 is 0. The molecule has 0 saturated carbocycles. The van der Waals surface area contributed by atoms with Gasteiger partial charge in [0.2, 0.25) is 0 Å². The molecule has 1 aromatic heterocycles. The quantitative estimate of drug-likeness (QED) is 0.908. The number of rotatable bonds is 5. The molecular formula is C18H25N3. The molecule has 1 heterocycles. The van der Waals surface area contributed by atoms with Crippen LogP contribution < -0.4 is 10.2 Å². The van der Waals surface area contributed by atoms with Crippen LogP contribution in [0.25, 0.3) is 0 Å². The Hall–Kier alpha value is -1.87. The molecule has 0 aliphatic carbocycles. The summed E-state index contributed by atoms with van der Waals surface area (Å²) < 4.78 is 0. The molecule has 0 aliphatic rings. The Bertz CT molecular complexity index is 558. The minimum atomic E-state index is 0.105. The third-order valence-corrected chi connectivity index (χ3v) is 3.30. The van der Waals surface area contributed by atoms with E-state index in [2.05, 4.69) is 79.4 Å². The fraction of sp³-hybridized carbons (Fsp3) is 0.389. The molecule has 1 N–H and O–H groups in total. The van der Waals surface area contributed by atoms with Crippen molar-refractivity contribution in [3.05, 3.63) is 59.9 Å². The zero-order chi connectivity index (χ0) is 15.3. The number of benzene rings is 1. The van der Waals surface area contributed by atoms with Gasteiger partial charge in [0.15, 0.2) is 0 Å². The summed E-state index contributed by atoms with van der Waals surface area (Å²) in [6.45, 7) is 8.18. The predicted octanol–water partition coefficient (Wildman–Crippen LogP) is 3.61. The molecule has 3 heteroatoms. The average Bonchev–Trinajstić information content (AvgIpc) is 2.46.